The third-order valence-electron chi connectivity index (χ3n) is 4.11. The topological polar surface area (TPSA) is 24.7 Å². The van der Waals surface area contributed by atoms with Gasteiger partial charge in [0.25, 0.3) is 0 Å². The standard InChI is InChI=1S/C24H28N2/c1-3-5-7-9-21-11-15-23(16-12-21)19-25-26-20-24-17-13-22(14-18-24)10-8-6-4-2/h3-6,11-20H,7-10H2,1-2H3/b5-3+,6-4+,25-19?,26-20?. The molecule has 2 rings (SSSR count). The summed E-state index contributed by atoms with van der Waals surface area (Å²) in [6, 6.07) is 17.0. The number of allylic oxidation sites excluding steroid dienone is 4. The lowest BCUT2D eigenvalue weighted by atomic mass is 10.1. The summed E-state index contributed by atoms with van der Waals surface area (Å²) < 4.78 is 0. The Bertz CT molecular complexity index is 680. The van der Waals surface area contributed by atoms with Crippen molar-refractivity contribution >= 4 is 12.4 Å². The quantitative estimate of drug-likeness (QED) is 0.296. The zero-order chi connectivity index (χ0) is 18.5. The molecule has 2 nitrogen and oxygen atoms in total. The molecule has 0 saturated heterocycles. The zero-order valence-electron chi connectivity index (χ0n) is 15.8. The van der Waals surface area contributed by atoms with Crippen molar-refractivity contribution in [2.45, 2.75) is 39.5 Å². The predicted octanol–water partition coefficient (Wildman–Crippen LogP) is 6.16. The molecule has 0 amide bonds. The van der Waals surface area contributed by atoms with Crippen LogP contribution in [0.3, 0.4) is 0 Å². The predicted molar refractivity (Wildman–Crippen MR) is 114 cm³/mol. The van der Waals surface area contributed by atoms with E-state index in [9.17, 15) is 0 Å². The van der Waals surface area contributed by atoms with Gasteiger partial charge in [0.2, 0.25) is 0 Å². The average molecular weight is 345 g/mol. The second-order valence-corrected chi connectivity index (χ2v) is 6.19. The molecule has 0 N–H and O–H groups in total. The largest absolute Gasteiger partial charge is 0.159 e. The summed E-state index contributed by atoms with van der Waals surface area (Å²) in [7, 11) is 0. The second-order valence-electron chi connectivity index (χ2n) is 6.19. The van der Waals surface area contributed by atoms with Gasteiger partial charge in [-0.25, -0.2) is 0 Å². The maximum absolute atomic E-state index is 4.15. The van der Waals surface area contributed by atoms with E-state index in [1.165, 1.54) is 11.1 Å². The first-order chi connectivity index (χ1) is 12.8. The van der Waals surface area contributed by atoms with Crippen LogP contribution in [0.1, 0.15) is 48.9 Å². The highest BCUT2D eigenvalue weighted by Gasteiger charge is 1.93. The lowest BCUT2D eigenvalue weighted by Gasteiger charge is -1.99. The Morgan fingerprint density at radius 1 is 0.615 bits per heavy atom. The summed E-state index contributed by atoms with van der Waals surface area (Å²) in [5.41, 5.74) is 4.82. The molecular formula is C24H28N2. The van der Waals surface area contributed by atoms with E-state index in [-0.39, 0.29) is 0 Å². The highest BCUT2D eigenvalue weighted by molar-refractivity contribution is 5.82. The molecule has 0 aliphatic heterocycles. The average Bonchev–Trinajstić information content (AvgIpc) is 2.68. The summed E-state index contributed by atoms with van der Waals surface area (Å²) in [4.78, 5) is 0. The molecule has 134 valence electrons. The Kier molecular flexibility index (Phi) is 8.85. The molecule has 0 fully saturated rings. The van der Waals surface area contributed by atoms with Crippen molar-refractivity contribution in [2.24, 2.45) is 10.2 Å². The van der Waals surface area contributed by atoms with Gasteiger partial charge in [-0.1, -0.05) is 72.8 Å². The molecule has 0 heterocycles. The van der Waals surface area contributed by atoms with E-state index in [0.29, 0.717) is 0 Å². The summed E-state index contributed by atoms with van der Waals surface area (Å²) >= 11 is 0. The van der Waals surface area contributed by atoms with E-state index in [4.69, 9.17) is 0 Å². The minimum Gasteiger partial charge on any atom is -0.159 e. The van der Waals surface area contributed by atoms with Crippen LogP contribution in [0.4, 0.5) is 0 Å². The van der Waals surface area contributed by atoms with Gasteiger partial charge in [-0.15, -0.1) is 0 Å². The van der Waals surface area contributed by atoms with Crippen molar-refractivity contribution in [1.29, 1.82) is 0 Å². The molecular weight excluding hydrogens is 316 g/mol. The lowest BCUT2D eigenvalue weighted by molar-refractivity contribution is 0.999. The minimum atomic E-state index is 1.07. The molecule has 0 radical (unpaired) electrons. The number of benzene rings is 2. The van der Waals surface area contributed by atoms with E-state index in [1.54, 1.807) is 12.4 Å². The monoisotopic (exact) mass is 344 g/mol. The van der Waals surface area contributed by atoms with Crippen LogP contribution < -0.4 is 0 Å². The third kappa shape index (κ3) is 7.43. The number of hydrogen-bond donors (Lipinski definition) is 0. The molecule has 2 aromatic carbocycles. The Morgan fingerprint density at radius 3 is 1.35 bits per heavy atom. The first-order valence-electron chi connectivity index (χ1n) is 9.28. The number of aryl methyl sites for hydroxylation is 2. The Morgan fingerprint density at radius 2 is 1.00 bits per heavy atom. The minimum absolute atomic E-state index is 1.07. The van der Waals surface area contributed by atoms with Gasteiger partial charge in [0.15, 0.2) is 0 Å². The molecule has 0 saturated carbocycles. The van der Waals surface area contributed by atoms with E-state index in [0.717, 1.165) is 36.8 Å². The molecule has 0 unspecified atom stereocenters. The maximum atomic E-state index is 4.15. The number of hydrogen-bond acceptors (Lipinski definition) is 2. The summed E-state index contributed by atoms with van der Waals surface area (Å²) in [5.74, 6) is 0. The third-order valence-corrected chi connectivity index (χ3v) is 4.11. The fourth-order valence-corrected chi connectivity index (χ4v) is 2.57. The van der Waals surface area contributed by atoms with Crippen LogP contribution in [-0.4, -0.2) is 12.4 Å². The van der Waals surface area contributed by atoms with E-state index in [1.807, 2.05) is 0 Å². The van der Waals surface area contributed by atoms with Crippen molar-refractivity contribution in [3.8, 4) is 0 Å². The van der Waals surface area contributed by atoms with Gasteiger partial charge in [0.1, 0.15) is 0 Å². The molecule has 0 atom stereocenters. The van der Waals surface area contributed by atoms with Crippen molar-refractivity contribution in [3.63, 3.8) is 0 Å². The Labute approximate surface area is 157 Å². The van der Waals surface area contributed by atoms with E-state index < -0.39 is 0 Å². The van der Waals surface area contributed by atoms with Crippen LogP contribution in [0.15, 0.2) is 83.0 Å². The van der Waals surface area contributed by atoms with Gasteiger partial charge in [0, 0.05) is 0 Å². The normalized spacial score (nSPS) is 12.2. The van der Waals surface area contributed by atoms with Crippen LogP contribution in [-0.2, 0) is 12.8 Å². The maximum Gasteiger partial charge on any atom is 0.0568 e. The summed E-state index contributed by atoms with van der Waals surface area (Å²) in [6.07, 6.45) is 16.5. The van der Waals surface area contributed by atoms with Gasteiger partial charge in [-0.05, 0) is 61.8 Å². The highest BCUT2D eigenvalue weighted by Crippen LogP contribution is 2.07. The first-order valence-corrected chi connectivity index (χ1v) is 9.28. The molecule has 2 aromatic rings. The van der Waals surface area contributed by atoms with Crippen LogP contribution in [0, 0.1) is 0 Å². The lowest BCUT2D eigenvalue weighted by Crippen LogP contribution is -1.87. The van der Waals surface area contributed by atoms with Crippen LogP contribution >= 0.6 is 0 Å². The van der Waals surface area contributed by atoms with Crippen molar-refractivity contribution < 1.29 is 0 Å². The van der Waals surface area contributed by atoms with Crippen molar-refractivity contribution in [3.05, 3.63) is 95.1 Å². The fraction of sp³-hybridized carbons (Fsp3) is 0.250. The van der Waals surface area contributed by atoms with Crippen molar-refractivity contribution in [1.82, 2.24) is 0 Å². The number of nitrogens with zero attached hydrogens (tertiary/aromatic N) is 2. The fourth-order valence-electron chi connectivity index (χ4n) is 2.57. The molecule has 2 heteroatoms. The van der Waals surface area contributed by atoms with Gasteiger partial charge in [-0.3, -0.25) is 0 Å². The van der Waals surface area contributed by atoms with E-state index in [2.05, 4.69) is 96.9 Å². The molecule has 0 aromatic heterocycles. The van der Waals surface area contributed by atoms with Crippen LogP contribution in [0.5, 0.6) is 0 Å². The molecule has 0 bridgehead atoms. The summed E-state index contributed by atoms with van der Waals surface area (Å²) in [6.45, 7) is 4.11. The van der Waals surface area contributed by atoms with Gasteiger partial charge < -0.3 is 0 Å². The van der Waals surface area contributed by atoms with E-state index >= 15 is 0 Å². The molecule has 26 heavy (non-hydrogen) atoms. The van der Waals surface area contributed by atoms with Gasteiger partial charge >= 0.3 is 0 Å². The SMILES string of the molecule is C/C=C/CCc1ccc(C=NN=Cc2ccc(CC/C=C/C)cc2)cc1. The zero-order valence-corrected chi connectivity index (χ0v) is 15.8. The Balaban J connectivity index is 1.83. The summed E-state index contributed by atoms with van der Waals surface area (Å²) in [5, 5.41) is 8.30. The van der Waals surface area contributed by atoms with Crippen molar-refractivity contribution in [2.75, 3.05) is 0 Å². The molecule has 0 aliphatic rings. The number of rotatable bonds is 9. The second kappa shape index (κ2) is 11.8. The van der Waals surface area contributed by atoms with Crippen LogP contribution in [0.25, 0.3) is 0 Å². The van der Waals surface area contributed by atoms with Gasteiger partial charge in [0.05, 0.1) is 12.4 Å². The van der Waals surface area contributed by atoms with Crippen LogP contribution in [0.2, 0.25) is 0 Å². The highest BCUT2D eigenvalue weighted by atomic mass is 15.2. The molecule has 0 spiro atoms. The first kappa shape index (κ1) is 19.6. The Hall–Kier alpha value is -2.74. The molecule has 0 aliphatic carbocycles. The smallest absolute Gasteiger partial charge is 0.0568 e. The van der Waals surface area contributed by atoms with Gasteiger partial charge in [-0.2, -0.15) is 10.2 Å².